The highest BCUT2D eigenvalue weighted by atomic mass is 79.9. The van der Waals surface area contributed by atoms with E-state index in [1.54, 1.807) is 6.07 Å². The average molecular weight is 473 g/mol. The lowest BCUT2D eigenvalue weighted by molar-refractivity contribution is -0.131. The van der Waals surface area contributed by atoms with Crippen molar-refractivity contribution in [2.75, 3.05) is 7.05 Å². The van der Waals surface area contributed by atoms with Gasteiger partial charge in [0.05, 0.1) is 14.5 Å². The zero-order valence-electron chi connectivity index (χ0n) is 14.2. The van der Waals surface area contributed by atoms with E-state index in [0.717, 1.165) is 12.8 Å². The molecule has 1 atom stereocenters. The van der Waals surface area contributed by atoms with Crippen LogP contribution in [0.5, 0.6) is 11.5 Å². The van der Waals surface area contributed by atoms with Crippen LogP contribution in [0.3, 0.4) is 0 Å². The second kappa shape index (κ2) is 6.43. The van der Waals surface area contributed by atoms with E-state index in [1.807, 2.05) is 0 Å². The molecule has 1 N–H and O–H groups in total. The molecule has 25 heavy (non-hydrogen) atoms. The normalized spacial score (nSPS) is 22.4. The van der Waals surface area contributed by atoms with Crippen LogP contribution in [0, 0.1) is 5.92 Å². The van der Waals surface area contributed by atoms with Crippen molar-refractivity contribution < 1.29 is 19.4 Å². The Kier molecular flexibility index (Phi) is 4.75. The first-order chi connectivity index (χ1) is 11.7. The predicted octanol–water partition coefficient (Wildman–Crippen LogP) is 4.12. The largest absolute Gasteiger partial charge is 0.508 e. The highest BCUT2D eigenvalue weighted by molar-refractivity contribution is 9.14. The molecule has 1 aromatic carbocycles. The minimum Gasteiger partial charge on any atom is -0.508 e. The van der Waals surface area contributed by atoms with Crippen molar-refractivity contribution in [3.8, 4) is 11.5 Å². The number of carbonyl (C=O) groups excluding carboxylic acids is 2. The van der Waals surface area contributed by atoms with Crippen LogP contribution < -0.4 is 4.74 Å². The maximum atomic E-state index is 13.1. The van der Waals surface area contributed by atoms with E-state index in [0.29, 0.717) is 33.7 Å². The van der Waals surface area contributed by atoms with Gasteiger partial charge in [0.25, 0.3) is 11.6 Å². The zero-order chi connectivity index (χ0) is 18.5. The Morgan fingerprint density at radius 1 is 1.28 bits per heavy atom. The number of aromatic hydroxyl groups is 1. The molecule has 134 valence electrons. The first-order valence-electron chi connectivity index (χ1n) is 8.14. The standard InChI is InChI=1S/C18H19Br2NO4/c1-9(2)5-4-6-10-12(22)8-7-11-14(10)25-18(16(11)23)15(20)13(19)17(24)21(18)3/h7-9,22H,4-6H2,1-3H3. The van der Waals surface area contributed by atoms with Crippen molar-refractivity contribution in [2.24, 2.45) is 5.92 Å². The molecule has 0 aliphatic carbocycles. The van der Waals surface area contributed by atoms with E-state index in [2.05, 4.69) is 45.7 Å². The third-order valence-corrected chi connectivity index (χ3v) is 6.90. The fraction of sp³-hybridized carbons (Fsp3) is 0.444. The maximum absolute atomic E-state index is 13.1. The number of rotatable bonds is 4. The molecule has 5 nitrogen and oxygen atoms in total. The molecule has 1 amide bonds. The molecular formula is C18H19Br2NO4. The smallest absolute Gasteiger partial charge is 0.283 e. The van der Waals surface area contributed by atoms with Crippen LogP contribution in [-0.2, 0) is 11.2 Å². The summed E-state index contributed by atoms with van der Waals surface area (Å²) in [6, 6.07) is 3.08. The van der Waals surface area contributed by atoms with Crippen LogP contribution in [0.2, 0.25) is 0 Å². The highest BCUT2D eigenvalue weighted by Crippen LogP contribution is 2.51. The van der Waals surface area contributed by atoms with Crippen LogP contribution >= 0.6 is 31.9 Å². The van der Waals surface area contributed by atoms with Gasteiger partial charge in [0.2, 0.25) is 5.78 Å². The SMILES string of the molecule is CC(C)CCCc1c(O)ccc2c1OC1(C2=O)C(Br)=C(Br)C(=O)N1C. The number of hydrogen-bond acceptors (Lipinski definition) is 4. The van der Waals surface area contributed by atoms with Crippen molar-refractivity contribution in [2.45, 2.75) is 38.8 Å². The number of ketones is 1. The highest BCUT2D eigenvalue weighted by Gasteiger charge is 2.61. The summed E-state index contributed by atoms with van der Waals surface area (Å²) < 4.78 is 6.68. The molecule has 7 heteroatoms. The Balaban J connectivity index is 2.04. The quantitative estimate of drug-likeness (QED) is 0.715. The predicted molar refractivity (Wildman–Crippen MR) is 101 cm³/mol. The Labute approximate surface area is 163 Å². The summed E-state index contributed by atoms with van der Waals surface area (Å²) >= 11 is 6.56. The van der Waals surface area contributed by atoms with E-state index in [1.165, 1.54) is 18.0 Å². The van der Waals surface area contributed by atoms with E-state index in [4.69, 9.17) is 4.74 Å². The second-order valence-electron chi connectivity index (χ2n) is 6.79. The summed E-state index contributed by atoms with van der Waals surface area (Å²) in [5.74, 6) is 0.383. The van der Waals surface area contributed by atoms with Crippen LogP contribution in [0.25, 0.3) is 0 Å². The summed E-state index contributed by atoms with van der Waals surface area (Å²) in [6.07, 6.45) is 2.49. The van der Waals surface area contributed by atoms with Gasteiger partial charge in [-0.3, -0.25) is 14.5 Å². The lowest BCUT2D eigenvalue weighted by Gasteiger charge is -2.30. The Morgan fingerprint density at radius 3 is 2.52 bits per heavy atom. The van der Waals surface area contributed by atoms with Gasteiger partial charge >= 0.3 is 0 Å². The molecule has 1 spiro atoms. The van der Waals surface area contributed by atoms with E-state index < -0.39 is 5.72 Å². The molecule has 1 aromatic rings. The van der Waals surface area contributed by atoms with Crippen molar-refractivity contribution in [1.29, 1.82) is 0 Å². The van der Waals surface area contributed by atoms with Crippen molar-refractivity contribution in [1.82, 2.24) is 4.90 Å². The molecule has 1 unspecified atom stereocenters. The Bertz CT molecular complexity index is 803. The van der Waals surface area contributed by atoms with Gasteiger partial charge < -0.3 is 9.84 Å². The number of benzene rings is 1. The molecule has 0 saturated carbocycles. The van der Waals surface area contributed by atoms with Crippen LogP contribution in [0.4, 0.5) is 0 Å². The van der Waals surface area contributed by atoms with Crippen molar-refractivity contribution in [3.05, 3.63) is 32.2 Å². The number of hydrogen-bond donors (Lipinski definition) is 1. The number of amides is 1. The number of phenols is 1. The third kappa shape index (κ3) is 2.63. The van der Waals surface area contributed by atoms with Gasteiger partial charge in [-0.1, -0.05) is 20.3 Å². The Morgan fingerprint density at radius 2 is 1.96 bits per heavy atom. The number of nitrogens with zero attached hydrogens (tertiary/aromatic N) is 1. The first kappa shape index (κ1) is 18.5. The topological polar surface area (TPSA) is 66.8 Å². The number of carbonyl (C=O) groups is 2. The van der Waals surface area contributed by atoms with Crippen LogP contribution in [0.15, 0.2) is 21.1 Å². The molecule has 0 bridgehead atoms. The number of likely N-dealkylation sites (N-methyl/N-ethyl adjacent to an activating group) is 1. The van der Waals surface area contributed by atoms with Gasteiger partial charge in [-0.25, -0.2) is 0 Å². The number of ether oxygens (including phenoxy) is 1. The summed E-state index contributed by atoms with van der Waals surface area (Å²) in [6.45, 7) is 4.28. The van der Waals surface area contributed by atoms with E-state index in [-0.39, 0.29) is 21.9 Å². The van der Waals surface area contributed by atoms with Gasteiger partial charge in [-0.2, -0.15) is 0 Å². The molecule has 2 aliphatic rings. The number of halogens is 2. The fourth-order valence-electron chi connectivity index (χ4n) is 3.26. The maximum Gasteiger partial charge on any atom is 0.283 e. The molecule has 2 heterocycles. The van der Waals surface area contributed by atoms with Gasteiger partial charge in [0.1, 0.15) is 11.5 Å². The molecule has 0 radical (unpaired) electrons. The fourth-order valence-corrected chi connectivity index (χ4v) is 4.49. The van der Waals surface area contributed by atoms with E-state index in [9.17, 15) is 14.7 Å². The first-order valence-corrected chi connectivity index (χ1v) is 9.73. The van der Waals surface area contributed by atoms with Gasteiger partial charge in [-0.15, -0.1) is 0 Å². The molecule has 3 rings (SSSR count). The molecule has 0 fully saturated rings. The lowest BCUT2D eigenvalue weighted by atomic mass is 9.97. The third-order valence-electron chi connectivity index (χ3n) is 4.70. The van der Waals surface area contributed by atoms with Gasteiger partial charge in [0.15, 0.2) is 0 Å². The van der Waals surface area contributed by atoms with Gasteiger partial charge in [-0.05, 0) is 62.8 Å². The minimum atomic E-state index is -1.53. The summed E-state index contributed by atoms with van der Waals surface area (Å²) in [5, 5.41) is 10.3. The second-order valence-corrected chi connectivity index (χ2v) is 8.38. The van der Waals surface area contributed by atoms with Crippen molar-refractivity contribution in [3.63, 3.8) is 0 Å². The van der Waals surface area contributed by atoms with Gasteiger partial charge in [0, 0.05) is 12.6 Å². The van der Waals surface area contributed by atoms with Crippen LogP contribution in [0.1, 0.15) is 42.6 Å². The monoisotopic (exact) mass is 471 g/mol. The van der Waals surface area contributed by atoms with E-state index >= 15 is 0 Å². The van der Waals surface area contributed by atoms with Crippen molar-refractivity contribution >= 4 is 43.6 Å². The number of Topliss-reactive ketones (excluding diaryl/α,β-unsaturated/α-hetero) is 1. The summed E-state index contributed by atoms with van der Waals surface area (Å²) in [4.78, 5) is 26.7. The zero-order valence-corrected chi connectivity index (χ0v) is 17.4. The lowest BCUT2D eigenvalue weighted by Crippen LogP contribution is -2.53. The minimum absolute atomic E-state index is 0.110. The average Bonchev–Trinajstić information content (AvgIpc) is 2.94. The molecular weight excluding hydrogens is 454 g/mol. The number of phenolic OH excluding ortho intramolecular Hbond substituents is 1. The molecule has 0 saturated heterocycles. The number of fused-ring (bicyclic) bond motifs is 1. The molecule has 0 aromatic heterocycles. The molecule has 2 aliphatic heterocycles. The van der Waals surface area contributed by atoms with Crippen LogP contribution in [-0.4, -0.2) is 34.5 Å². The Hall–Kier alpha value is -1.34. The summed E-state index contributed by atoms with van der Waals surface area (Å²) in [5.41, 5.74) is -0.526. The summed E-state index contributed by atoms with van der Waals surface area (Å²) in [7, 11) is 1.53.